The lowest BCUT2D eigenvalue weighted by Crippen LogP contribution is -2.51. The van der Waals surface area contributed by atoms with Gasteiger partial charge in [0.25, 0.3) is 10.0 Å². The van der Waals surface area contributed by atoms with Gasteiger partial charge >= 0.3 is 0 Å². The predicted octanol–water partition coefficient (Wildman–Crippen LogP) is 4.31. The van der Waals surface area contributed by atoms with Gasteiger partial charge in [0, 0.05) is 13.6 Å². The summed E-state index contributed by atoms with van der Waals surface area (Å²) in [7, 11) is -2.52. The number of amides is 2. The molecule has 37 heavy (non-hydrogen) atoms. The van der Waals surface area contributed by atoms with E-state index in [-0.39, 0.29) is 17.3 Å². The molecule has 0 bridgehead atoms. The van der Waals surface area contributed by atoms with E-state index in [1.54, 1.807) is 30.3 Å². The number of anilines is 1. The van der Waals surface area contributed by atoms with E-state index in [0.717, 1.165) is 27.4 Å². The maximum atomic E-state index is 13.9. The standard InChI is InChI=1S/C29H35N3O4S/c1-5-23-16-18-25(19-17-23)32(37(35,36)26-10-8-7-9-11-26)21-28(33)31(27(6-2)29(34)30-4)20-24-14-12-22(3)13-15-24/h7-19,27H,5-6,20-21H2,1-4H3,(H,30,34). The first-order chi connectivity index (χ1) is 17.7. The number of rotatable bonds is 11. The smallest absolute Gasteiger partial charge is 0.264 e. The van der Waals surface area contributed by atoms with Gasteiger partial charge in [0.05, 0.1) is 10.6 Å². The van der Waals surface area contributed by atoms with Gasteiger partial charge in [0.15, 0.2) is 0 Å². The summed E-state index contributed by atoms with van der Waals surface area (Å²) in [4.78, 5) is 28.2. The first-order valence-electron chi connectivity index (χ1n) is 12.4. The Morgan fingerprint density at radius 3 is 2.00 bits per heavy atom. The van der Waals surface area contributed by atoms with E-state index in [0.29, 0.717) is 12.1 Å². The quantitative estimate of drug-likeness (QED) is 0.408. The molecule has 8 heteroatoms. The van der Waals surface area contributed by atoms with Crippen LogP contribution in [0.1, 0.15) is 37.0 Å². The van der Waals surface area contributed by atoms with Gasteiger partial charge in [-0.1, -0.05) is 74.0 Å². The molecule has 0 saturated carbocycles. The molecule has 7 nitrogen and oxygen atoms in total. The minimum atomic E-state index is -4.05. The van der Waals surface area contributed by atoms with Crippen LogP contribution in [0.2, 0.25) is 0 Å². The Labute approximate surface area is 220 Å². The molecule has 0 spiro atoms. The molecule has 1 unspecified atom stereocenters. The van der Waals surface area contributed by atoms with Crippen molar-refractivity contribution in [1.82, 2.24) is 10.2 Å². The van der Waals surface area contributed by atoms with Crippen LogP contribution in [0.5, 0.6) is 0 Å². The van der Waals surface area contributed by atoms with Gasteiger partial charge in [0.2, 0.25) is 11.8 Å². The Bertz CT molecular complexity index is 1290. The molecule has 3 aromatic rings. The molecule has 0 fully saturated rings. The van der Waals surface area contributed by atoms with Crippen LogP contribution in [0.4, 0.5) is 5.69 Å². The van der Waals surface area contributed by atoms with E-state index < -0.39 is 28.5 Å². The van der Waals surface area contributed by atoms with E-state index in [1.807, 2.05) is 57.2 Å². The lowest BCUT2D eigenvalue weighted by molar-refractivity contribution is -0.140. The van der Waals surface area contributed by atoms with Crippen LogP contribution in [-0.4, -0.2) is 44.8 Å². The SMILES string of the molecule is CCc1ccc(N(CC(=O)N(Cc2ccc(C)cc2)C(CC)C(=O)NC)S(=O)(=O)c2ccccc2)cc1. The molecular weight excluding hydrogens is 486 g/mol. The number of hydrogen-bond donors (Lipinski definition) is 1. The molecule has 196 valence electrons. The summed E-state index contributed by atoms with van der Waals surface area (Å²) in [6.07, 6.45) is 1.19. The molecular formula is C29H35N3O4S. The fourth-order valence-corrected chi connectivity index (χ4v) is 5.56. The van der Waals surface area contributed by atoms with Gasteiger partial charge in [0.1, 0.15) is 12.6 Å². The van der Waals surface area contributed by atoms with Crippen molar-refractivity contribution >= 4 is 27.5 Å². The highest BCUT2D eigenvalue weighted by Crippen LogP contribution is 2.25. The van der Waals surface area contributed by atoms with E-state index in [2.05, 4.69) is 5.32 Å². The molecule has 1 atom stereocenters. The second-order valence-electron chi connectivity index (χ2n) is 8.89. The average molecular weight is 522 g/mol. The van der Waals surface area contributed by atoms with Crippen LogP contribution in [0.25, 0.3) is 0 Å². The lowest BCUT2D eigenvalue weighted by atomic mass is 10.1. The maximum Gasteiger partial charge on any atom is 0.264 e. The number of benzene rings is 3. The minimum Gasteiger partial charge on any atom is -0.357 e. The van der Waals surface area contributed by atoms with Crippen molar-refractivity contribution in [2.75, 3.05) is 17.9 Å². The summed E-state index contributed by atoms with van der Waals surface area (Å²) >= 11 is 0. The van der Waals surface area contributed by atoms with Gasteiger partial charge in [-0.2, -0.15) is 0 Å². The van der Waals surface area contributed by atoms with Gasteiger partial charge in [-0.15, -0.1) is 0 Å². The molecule has 0 aliphatic heterocycles. The van der Waals surface area contributed by atoms with Crippen LogP contribution < -0.4 is 9.62 Å². The first kappa shape index (κ1) is 27.9. The molecule has 1 N–H and O–H groups in total. The van der Waals surface area contributed by atoms with E-state index in [4.69, 9.17) is 0 Å². The molecule has 0 aliphatic carbocycles. The fraction of sp³-hybridized carbons (Fsp3) is 0.310. The summed E-state index contributed by atoms with van der Waals surface area (Å²) < 4.78 is 28.6. The normalized spacial score (nSPS) is 12.0. The second kappa shape index (κ2) is 12.5. The molecule has 0 saturated heterocycles. The summed E-state index contributed by atoms with van der Waals surface area (Å²) in [5.74, 6) is -0.761. The second-order valence-corrected chi connectivity index (χ2v) is 10.8. The van der Waals surface area contributed by atoms with Crippen LogP contribution in [0, 0.1) is 6.92 Å². The van der Waals surface area contributed by atoms with Crippen molar-refractivity contribution in [3.63, 3.8) is 0 Å². The van der Waals surface area contributed by atoms with Crippen LogP contribution in [-0.2, 0) is 32.6 Å². The van der Waals surface area contributed by atoms with Gasteiger partial charge < -0.3 is 10.2 Å². The first-order valence-corrected chi connectivity index (χ1v) is 13.9. The van der Waals surface area contributed by atoms with Crippen LogP contribution >= 0.6 is 0 Å². The molecule has 3 rings (SSSR count). The van der Waals surface area contributed by atoms with Crippen molar-refractivity contribution in [3.05, 3.63) is 95.6 Å². The third kappa shape index (κ3) is 6.77. The Morgan fingerprint density at radius 2 is 1.46 bits per heavy atom. The van der Waals surface area contributed by atoms with Gasteiger partial charge in [-0.05, 0) is 55.2 Å². The monoisotopic (exact) mass is 521 g/mol. The minimum absolute atomic E-state index is 0.0887. The van der Waals surface area contributed by atoms with Crippen molar-refractivity contribution < 1.29 is 18.0 Å². The van der Waals surface area contributed by atoms with E-state index in [9.17, 15) is 18.0 Å². The highest BCUT2D eigenvalue weighted by Gasteiger charge is 2.33. The van der Waals surface area contributed by atoms with Crippen LogP contribution in [0.15, 0.2) is 83.8 Å². The molecule has 0 heterocycles. The Kier molecular flexibility index (Phi) is 9.47. The number of aryl methyl sites for hydroxylation is 2. The average Bonchev–Trinajstić information content (AvgIpc) is 2.92. The van der Waals surface area contributed by atoms with Crippen molar-refractivity contribution in [2.45, 2.75) is 51.1 Å². The number of nitrogens with zero attached hydrogens (tertiary/aromatic N) is 2. The van der Waals surface area contributed by atoms with E-state index >= 15 is 0 Å². The number of likely N-dealkylation sites (N-methyl/N-ethyl adjacent to an activating group) is 1. The summed E-state index contributed by atoms with van der Waals surface area (Å²) in [5.41, 5.74) is 3.37. The number of hydrogen-bond acceptors (Lipinski definition) is 4. The third-order valence-corrected chi connectivity index (χ3v) is 8.14. The molecule has 3 aromatic carbocycles. The highest BCUT2D eigenvalue weighted by atomic mass is 32.2. The molecule has 0 radical (unpaired) electrons. The summed E-state index contributed by atoms with van der Waals surface area (Å²) in [6.45, 7) is 5.56. The zero-order chi connectivity index (χ0) is 27.0. The molecule has 2 amide bonds. The zero-order valence-electron chi connectivity index (χ0n) is 21.8. The summed E-state index contributed by atoms with van der Waals surface area (Å²) in [5, 5.41) is 2.64. The molecule has 0 aliphatic rings. The molecule has 0 aromatic heterocycles. The van der Waals surface area contributed by atoms with Gasteiger partial charge in [-0.3, -0.25) is 13.9 Å². The Morgan fingerprint density at radius 1 is 0.865 bits per heavy atom. The van der Waals surface area contributed by atoms with E-state index in [1.165, 1.54) is 24.1 Å². The topological polar surface area (TPSA) is 86.8 Å². The Hall–Kier alpha value is -3.65. The zero-order valence-corrected chi connectivity index (χ0v) is 22.7. The van der Waals surface area contributed by atoms with Crippen molar-refractivity contribution in [1.29, 1.82) is 0 Å². The van der Waals surface area contributed by atoms with Gasteiger partial charge in [-0.25, -0.2) is 8.42 Å². The highest BCUT2D eigenvalue weighted by molar-refractivity contribution is 7.92. The largest absolute Gasteiger partial charge is 0.357 e. The number of sulfonamides is 1. The predicted molar refractivity (Wildman–Crippen MR) is 147 cm³/mol. The third-order valence-electron chi connectivity index (χ3n) is 6.35. The lowest BCUT2D eigenvalue weighted by Gasteiger charge is -2.33. The fourth-order valence-electron chi connectivity index (χ4n) is 4.12. The maximum absolute atomic E-state index is 13.9. The number of nitrogens with one attached hydrogen (secondary N) is 1. The summed E-state index contributed by atoms with van der Waals surface area (Å²) in [6, 6.07) is 22.2. The van der Waals surface area contributed by atoms with Crippen molar-refractivity contribution in [2.24, 2.45) is 0 Å². The van der Waals surface area contributed by atoms with Crippen molar-refractivity contribution in [3.8, 4) is 0 Å². The number of carbonyl (C=O) groups excluding carboxylic acids is 2. The van der Waals surface area contributed by atoms with Crippen LogP contribution in [0.3, 0.4) is 0 Å². The number of carbonyl (C=O) groups is 2. The Balaban J connectivity index is 2.04.